The van der Waals surface area contributed by atoms with Crippen LogP contribution in [0.4, 0.5) is 35.1 Å². The molecule has 3 saturated heterocycles. The molecule has 7 rings (SSSR count). The van der Waals surface area contributed by atoms with Gasteiger partial charge in [0.15, 0.2) is 0 Å². The molecule has 107 heavy (non-hydrogen) atoms. The molecular formula is C74H116F8N12O13. The zero-order valence-corrected chi connectivity index (χ0v) is 64.5. The molecule has 33 heteroatoms. The Bertz CT molecular complexity index is 3160. The number of carbonyl (C=O) groups is 12. The third-order valence-corrected chi connectivity index (χ3v) is 24.3. The number of rotatable bonds is 12. The highest BCUT2D eigenvalue weighted by atomic mass is 19.4. The maximum Gasteiger partial charge on any atom is 0.397 e. The number of hydrogen-bond acceptors (Lipinski definition) is 13. The van der Waals surface area contributed by atoms with E-state index in [9.17, 15) is 55.1 Å². The molecule has 0 aromatic carbocycles. The molecule has 3 heterocycles. The summed E-state index contributed by atoms with van der Waals surface area (Å²) >= 11 is 0. The number of hydrogen-bond donors (Lipinski definition) is 3. The summed E-state index contributed by atoms with van der Waals surface area (Å²) in [6, 6.07) is -11.2. The molecule has 1 spiro atoms. The summed E-state index contributed by atoms with van der Waals surface area (Å²) in [5.41, 5.74) is -1.71. The summed E-state index contributed by atoms with van der Waals surface area (Å²) < 4.78 is 121. The van der Waals surface area contributed by atoms with E-state index in [0.717, 1.165) is 29.4 Å². The molecule has 4 saturated carbocycles. The third kappa shape index (κ3) is 20.9. The minimum atomic E-state index is -5.22. The molecule has 25 nitrogen and oxygen atoms in total. The zero-order valence-electron chi connectivity index (χ0n) is 64.5. The van der Waals surface area contributed by atoms with Gasteiger partial charge < -0.3 is 64.8 Å². The predicted molar refractivity (Wildman–Crippen MR) is 377 cm³/mol. The van der Waals surface area contributed by atoms with Crippen LogP contribution in [-0.4, -0.2) is 289 Å². The van der Waals surface area contributed by atoms with E-state index in [0.29, 0.717) is 44.9 Å². The molecule has 0 aromatic rings. The van der Waals surface area contributed by atoms with E-state index in [4.69, 9.17) is 4.74 Å². The molecule has 13 atom stereocenters. The van der Waals surface area contributed by atoms with Crippen LogP contribution in [0.15, 0.2) is 0 Å². The maximum atomic E-state index is 15.7. The van der Waals surface area contributed by atoms with Crippen LogP contribution in [0.5, 0.6) is 0 Å². The molecule has 3 aliphatic heterocycles. The number of nitrogens with one attached hydrogen (secondary N) is 3. The first kappa shape index (κ1) is 87.3. The van der Waals surface area contributed by atoms with Crippen LogP contribution in [0.3, 0.4) is 0 Å². The van der Waals surface area contributed by atoms with Crippen LogP contribution >= 0.6 is 0 Å². The summed E-state index contributed by atoms with van der Waals surface area (Å²) in [4.78, 5) is 191. The number of nitrogens with zero attached hydrogens (tertiary/aromatic N) is 9. The van der Waals surface area contributed by atoms with Crippen molar-refractivity contribution in [3.63, 3.8) is 0 Å². The highest BCUT2D eigenvalue weighted by molar-refractivity contribution is 6.01. The van der Waals surface area contributed by atoms with Gasteiger partial charge in [0.2, 0.25) is 70.9 Å². The second kappa shape index (κ2) is 37.2. The number of alkyl halides is 8. The van der Waals surface area contributed by atoms with Gasteiger partial charge in [-0.25, -0.2) is 8.78 Å². The minimum absolute atomic E-state index is 0.00131. The summed E-state index contributed by atoms with van der Waals surface area (Å²) in [5.74, 6) is -16.9. The van der Waals surface area contributed by atoms with E-state index < -0.39 is 230 Å². The first-order chi connectivity index (χ1) is 50.1. The number of amides is 12. The van der Waals surface area contributed by atoms with Gasteiger partial charge in [-0.15, -0.1) is 0 Å². The van der Waals surface area contributed by atoms with Gasteiger partial charge in [0.25, 0.3) is 0 Å². The molecule has 4 aliphatic carbocycles. The fourth-order valence-electron chi connectivity index (χ4n) is 17.5. The van der Waals surface area contributed by atoms with Crippen molar-refractivity contribution >= 4 is 70.9 Å². The molecule has 7 fully saturated rings. The Labute approximate surface area is 623 Å². The van der Waals surface area contributed by atoms with Crippen LogP contribution < -0.4 is 16.0 Å². The van der Waals surface area contributed by atoms with Gasteiger partial charge in [-0.1, -0.05) is 59.8 Å². The number of likely N-dealkylation sites (N-methyl/N-ethyl adjacent to an activating group) is 7. The lowest BCUT2D eigenvalue weighted by Gasteiger charge is -2.42. The van der Waals surface area contributed by atoms with E-state index in [1.54, 1.807) is 27.7 Å². The summed E-state index contributed by atoms with van der Waals surface area (Å²) in [6.07, 6.45) is -15.8. The lowest BCUT2D eigenvalue weighted by molar-refractivity contribution is -0.219. The van der Waals surface area contributed by atoms with Crippen molar-refractivity contribution in [1.82, 2.24) is 60.0 Å². The molecule has 606 valence electrons. The van der Waals surface area contributed by atoms with Gasteiger partial charge in [-0.2, -0.15) is 26.3 Å². The SMILES string of the molecule is CCO[C@@H]1C[C@H]2C(=O)NC3(CCCC3)C(=O)N(C)[C@@H](C3CCCC3)C(=O)N(C)[C@H](C(=O)N(C)C)CC(=O)N(C)[C@@H](CC)C(=O)N[C@@H]([C@@H](C)CC)C(=O)N(C)CC(=O)N(C)[C@H]3C[C@@H](C)CCN(C3=O)[C@@H](CC3CCC(C(F)(F)F)CC3)C(=O)N(C)CC(=O)N[C@@H](CCC3CC(F)C(C(F)(F)F)C(F)C3)C(=O)N2C1. The first-order valence-electron chi connectivity index (χ1n) is 38.4. The van der Waals surface area contributed by atoms with E-state index >= 15 is 37.5 Å². The predicted octanol–water partition coefficient (Wildman–Crippen LogP) is 6.18. The second-order valence-electron chi connectivity index (χ2n) is 31.9. The molecule has 0 radical (unpaired) electrons. The van der Waals surface area contributed by atoms with Crippen molar-refractivity contribution in [1.29, 1.82) is 0 Å². The van der Waals surface area contributed by atoms with Gasteiger partial charge in [0, 0.05) is 82.5 Å². The highest BCUT2D eigenvalue weighted by Gasteiger charge is 2.56. The van der Waals surface area contributed by atoms with Crippen molar-refractivity contribution in [2.75, 3.05) is 89.2 Å². The van der Waals surface area contributed by atoms with Gasteiger partial charge in [0.05, 0.1) is 31.5 Å². The van der Waals surface area contributed by atoms with Crippen molar-refractivity contribution < 1.29 is 97.4 Å². The normalized spacial score (nSPS) is 32.7. The van der Waals surface area contributed by atoms with Gasteiger partial charge in [0.1, 0.15) is 72.1 Å². The Morgan fingerprint density at radius 1 is 0.617 bits per heavy atom. The second-order valence-corrected chi connectivity index (χ2v) is 31.9. The first-order valence-corrected chi connectivity index (χ1v) is 38.4. The van der Waals surface area contributed by atoms with E-state index in [1.165, 1.54) is 71.1 Å². The van der Waals surface area contributed by atoms with Crippen LogP contribution in [0.2, 0.25) is 0 Å². The zero-order chi connectivity index (χ0) is 79.6. The minimum Gasteiger partial charge on any atom is -0.377 e. The third-order valence-electron chi connectivity index (χ3n) is 24.3. The molecule has 3 N–H and O–H groups in total. The largest absolute Gasteiger partial charge is 0.397 e. The lowest BCUT2D eigenvalue weighted by atomic mass is 9.76. The van der Waals surface area contributed by atoms with Crippen LogP contribution in [-0.2, 0) is 62.3 Å². The average Bonchev–Trinajstić information content (AvgIpc) is 1.72. The monoisotopic (exact) mass is 1530 g/mol. The van der Waals surface area contributed by atoms with Crippen LogP contribution in [0, 0.1) is 41.4 Å². The quantitative estimate of drug-likeness (QED) is 0.184. The molecule has 2 bridgehead atoms. The Hall–Kier alpha value is -6.96. The summed E-state index contributed by atoms with van der Waals surface area (Å²) in [5, 5.41) is 8.43. The Morgan fingerprint density at radius 3 is 1.79 bits per heavy atom. The molecule has 2 unspecified atom stereocenters. The van der Waals surface area contributed by atoms with Crippen molar-refractivity contribution in [3.8, 4) is 0 Å². The number of ether oxygens (including phenoxy) is 1. The highest BCUT2D eigenvalue weighted by Crippen LogP contribution is 2.46. The van der Waals surface area contributed by atoms with Crippen molar-refractivity contribution in [3.05, 3.63) is 0 Å². The average molecular weight is 1530 g/mol. The topological polar surface area (TPSA) is 279 Å². The van der Waals surface area contributed by atoms with E-state index in [2.05, 4.69) is 16.0 Å². The smallest absolute Gasteiger partial charge is 0.377 e. The van der Waals surface area contributed by atoms with Gasteiger partial charge in [-0.05, 0) is 139 Å². The van der Waals surface area contributed by atoms with Crippen LogP contribution in [0.1, 0.15) is 182 Å². The Kier molecular flexibility index (Phi) is 30.3. The van der Waals surface area contributed by atoms with Crippen LogP contribution in [0.25, 0.3) is 0 Å². The standard InChI is InChI=1S/C74H116F8N12O13/c1-14-43(5)61-69(104)88(9)41-59(97)90(11)54-33-42(4)29-32-93(68(54)103)56(36-44-23-26-47(27-24-44)73(77,78)79)67(102)87(8)40-57(95)83-51(28-25-45-34-49(75)60(50(76)35-45)74(80,81)82)65(100)94-39-48(107-16-3)37-53(94)64(99)85-72(30-19-20-31-72)71(106)92(13)62(46-21-17-18-22-46)70(105)91(12)55(66(101)86(6)7)38-58(96)89(10)52(15-2)63(98)84-61/h42-56,60-62H,14-41H2,1-13H3,(H,83,95)(H,84,98)(H,85,99)/t42-,43-,44?,45?,47?,48+,49?,50?,51-,52-,53-,54-,55-,56-,60?,61-,62-/m0/s1. The summed E-state index contributed by atoms with van der Waals surface area (Å²) in [6.45, 7) is 6.80. The number of halogens is 8. The fourth-order valence-corrected chi connectivity index (χ4v) is 17.5. The molecular weight excluding hydrogens is 1420 g/mol. The lowest BCUT2D eigenvalue weighted by Crippen LogP contribution is -2.65. The number of fused-ring (bicyclic) bond motifs is 3. The molecule has 0 aromatic heterocycles. The fraction of sp³-hybridized carbons (Fsp3) is 0.838. The van der Waals surface area contributed by atoms with E-state index in [-0.39, 0.29) is 103 Å². The Morgan fingerprint density at radius 2 is 1.22 bits per heavy atom. The Balaban J connectivity index is 1.32. The molecule has 7 aliphatic rings. The van der Waals surface area contributed by atoms with Crippen molar-refractivity contribution in [2.45, 2.75) is 267 Å². The maximum absolute atomic E-state index is 15.7. The van der Waals surface area contributed by atoms with Crippen molar-refractivity contribution in [2.24, 2.45) is 41.4 Å². The molecule has 12 amide bonds. The van der Waals surface area contributed by atoms with Gasteiger partial charge in [-0.3, -0.25) is 57.5 Å². The number of carbonyl (C=O) groups excluding carboxylic acids is 12. The van der Waals surface area contributed by atoms with Gasteiger partial charge >= 0.3 is 12.4 Å². The van der Waals surface area contributed by atoms with E-state index in [1.807, 2.05) is 6.92 Å². The summed E-state index contributed by atoms with van der Waals surface area (Å²) in [7, 11) is 10.9.